The molecule has 0 radical (unpaired) electrons. The van der Waals surface area contributed by atoms with Crippen LogP contribution in [0.1, 0.15) is 5.56 Å². The molecule has 0 aromatic heterocycles. The molecule has 0 bridgehead atoms. The first kappa shape index (κ1) is 11.2. The van der Waals surface area contributed by atoms with E-state index in [0.717, 1.165) is 22.2 Å². The van der Waals surface area contributed by atoms with E-state index in [1.165, 1.54) is 0 Å². The summed E-state index contributed by atoms with van der Waals surface area (Å²) in [5, 5.41) is 11.0. The molecule has 0 aliphatic rings. The molecule has 0 aliphatic heterocycles. The van der Waals surface area contributed by atoms with Crippen molar-refractivity contribution in [2.45, 2.75) is 11.5 Å². The Morgan fingerprint density at radius 2 is 2.36 bits per heavy atom. The lowest BCUT2D eigenvalue weighted by molar-refractivity contribution is 0.183. The topological polar surface area (TPSA) is 59.0 Å². The number of nitrogen functional groups attached to an aromatic ring is 1. The van der Waals surface area contributed by atoms with Crippen LogP contribution in [0.5, 0.6) is 0 Å². The summed E-state index contributed by atoms with van der Waals surface area (Å²) < 4.78 is 4.99. The van der Waals surface area contributed by atoms with Crippen LogP contribution in [0, 0.1) is 10.7 Å². The van der Waals surface area contributed by atoms with Crippen LogP contribution >= 0.6 is 23.4 Å². The highest BCUT2D eigenvalue weighted by molar-refractivity contribution is 8.03. The molecule has 0 saturated carbocycles. The fourth-order valence-electron chi connectivity index (χ4n) is 1.05. The van der Waals surface area contributed by atoms with E-state index in [4.69, 9.17) is 27.3 Å². The summed E-state index contributed by atoms with van der Waals surface area (Å²) in [6.45, 7) is 0.355. The van der Waals surface area contributed by atoms with Crippen molar-refractivity contribution >= 4 is 29.1 Å². The van der Waals surface area contributed by atoms with Gasteiger partial charge in [0.25, 0.3) is 0 Å². The quantitative estimate of drug-likeness (QED) is 0.491. The minimum Gasteiger partial charge on any atom is -0.398 e. The maximum absolute atomic E-state index is 8.57. The van der Waals surface area contributed by atoms with Gasteiger partial charge in [-0.3, -0.25) is 0 Å². The van der Waals surface area contributed by atoms with E-state index in [1.807, 2.05) is 5.40 Å². The van der Waals surface area contributed by atoms with E-state index in [1.54, 1.807) is 19.2 Å². The molecule has 0 saturated heterocycles. The van der Waals surface area contributed by atoms with Gasteiger partial charge in [-0.1, -0.05) is 11.6 Å². The van der Waals surface area contributed by atoms with E-state index < -0.39 is 0 Å². The number of nitrogens with zero attached hydrogens (tertiary/aromatic N) is 1. The molecule has 0 atom stereocenters. The summed E-state index contributed by atoms with van der Waals surface area (Å²) in [6, 6.07) is 3.45. The van der Waals surface area contributed by atoms with Crippen molar-refractivity contribution in [2.75, 3.05) is 12.8 Å². The molecule has 0 heterocycles. The zero-order valence-electron chi connectivity index (χ0n) is 7.58. The number of rotatable bonds is 3. The zero-order valence-corrected chi connectivity index (χ0v) is 9.15. The van der Waals surface area contributed by atoms with Crippen LogP contribution in [0.25, 0.3) is 0 Å². The molecule has 0 spiro atoms. The van der Waals surface area contributed by atoms with Gasteiger partial charge in [0.05, 0.1) is 17.3 Å². The molecule has 0 aliphatic carbocycles. The van der Waals surface area contributed by atoms with Crippen molar-refractivity contribution in [3.63, 3.8) is 0 Å². The van der Waals surface area contributed by atoms with Crippen LogP contribution in [0.3, 0.4) is 0 Å². The molecule has 74 valence electrons. The van der Waals surface area contributed by atoms with Crippen molar-refractivity contribution in [1.29, 1.82) is 5.26 Å². The minimum atomic E-state index is 0.355. The molecular formula is C9H9ClN2OS. The molecule has 1 aromatic rings. The van der Waals surface area contributed by atoms with Crippen LogP contribution < -0.4 is 5.73 Å². The summed E-state index contributed by atoms with van der Waals surface area (Å²) in [5.41, 5.74) is 6.90. The Balaban J connectivity index is 3.17. The van der Waals surface area contributed by atoms with Gasteiger partial charge >= 0.3 is 0 Å². The van der Waals surface area contributed by atoms with Crippen LogP contribution in [0.15, 0.2) is 17.0 Å². The van der Waals surface area contributed by atoms with Crippen molar-refractivity contribution in [3.05, 3.63) is 22.7 Å². The first-order chi connectivity index (χ1) is 6.70. The summed E-state index contributed by atoms with van der Waals surface area (Å²) in [6.07, 6.45) is 0. The Morgan fingerprint density at radius 1 is 1.64 bits per heavy atom. The number of hydrogen-bond acceptors (Lipinski definition) is 4. The molecule has 14 heavy (non-hydrogen) atoms. The highest BCUT2D eigenvalue weighted by Crippen LogP contribution is 2.32. The van der Waals surface area contributed by atoms with E-state index in [0.29, 0.717) is 17.3 Å². The number of benzene rings is 1. The van der Waals surface area contributed by atoms with Crippen molar-refractivity contribution in [2.24, 2.45) is 0 Å². The maximum atomic E-state index is 8.57. The van der Waals surface area contributed by atoms with Crippen LogP contribution in [0.2, 0.25) is 5.02 Å². The Labute approximate surface area is 91.8 Å². The van der Waals surface area contributed by atoms with Crippen molar-refractivity contribution < 1.29 is 4.74 Å². The second-order valence-electron chi connectivity index (χ2n) is 2.57. The van der Waals surface area contributed by atoms with Gasteiger partial charge in [0.2, 0.25) is 0 Å². The number of thioether (sulfide) groups is 1. The third-order valence-corrected chi connectivity index (χ3v) is 2.81. The summed E-state index contributed by atoms with van der Waals surface area (Å²) in [4.78, 5) is 0.786. The number of methoxy groups -OCH3 is 1. The summed E-state index contributed by atoms with van der Waals surface area (Å²) in [5.74, 6) is 0. The van der Waals surface area contributed by atoms with Gasteiger partial charge in [-0.05, 0) is 23.9 Å². The van der Waals surface area contributed by atoms with Crippen molar-refractivity contribution in [1.82, 2.24) is 0 Å². The normalized spacial score (nSPS) is 9.79. The Morgan fingerprint density at radius 3 is 2.93 bits per heavy atom. The molecule has 0 unspecified atom stereocenters. The fraction of sp³-hybridized carbons (Fsp3) is 0.222. The first-order valence-electron chi connectivity index (χ1n) is 3.82. The van der Waals surface area contributed by atoms with Gasteiger partial charge in [0.1, 0.15) is 5.40 Å². The number of thiocyanates is 1. The van der Waals surface area contributed by atoms with Crippen LogP contribution in [-0.4, -0.2) is 7.11 Å². The van der Waals surface area contributed by atoms with Gasteiger partial charge in [-0.25, -0.2) is 0 Å². The van der Waals surface area contributed by atoms with E-state index in [-0.39, 0.29) is 0 Å². The average molecular weight is 229 g/mol. The summed E-state index contributed by atoms with van der Waals surface area (Å²) in [7, 11) is 1.57. The number of anilines is 1. The number of ether oxygens (including phenoxy) is 1. The third-order valence-electron chi connectivity index (χ3n) is 1.67. The number of nitrogens with two attached hydrogens (primary N) is 1. The van der Waals surface area contributed by atoms with Gasteiger partial charge in [-0.15, -0.1) is 0 Å². The number of hydrogen-bond donors (Lipinski definition) is 1. The second kappa shape index (κ2) is 5.11. The Hall–Kier alpha value is -0.890. The minimum absolute atomic E-state index is 0.355. The zero-order chi connectivity index (χ0) is 10.6. The predicted octanol–water partition coefficient (Wildman–Crippen LogP) is 2.64. The molecule has 0 amide bonds. The molecule has 1 aromatic carbocycles. The molecule has 1 rings (SSSR count). The molecule has 5 heteroatoms. The highest BCUT2D eigenvalue weighted by Gasteiger charge is 2.10. The smallest absolute Gasteiger partial charge is 0.138 e. The Kier molecular flexibility index (Phi) is 4.08. The lowest BCUT2D eigenvalue weighted by atomic mass is 10.2. The van der Waals surface area contributed by atoms with E-state index in [9.17, 15) is 0 Å². The van der Waals surface area contributed by atoms with Gasteiger partial charge in [0.15, 0.2) is 0 Å². The largest absolute Gasteiger partial charge is 0.398 e. The monoisotopic (exact) mass is 228 g/mol. The van der Waals surface area contributed by atoms with Crippen molar-refractivity contribution in [3.8, 4) is 5.40 Å². The van der Waals surface area contributed by atoms with E-state index >= 15 is 0 Å². The fourth-order valence-corrected chi connectivity index (χ4v) is 1.84. The third kappa shape index (κ3) is 2.32. The second-order valence-corrected chi connectivity index (χ2v) is 3.78. The first-order valence-corrected chi connectivity index (χ1v) is 5.02. The SMILES string of the molecule is COCc1c(SC#N)ccc(N)c1Cl. The predicted molar refractivity (Wildman–Crippen MR) is 58.0 cm³/mol. The van der Waals surface area contributed by atoms with Gasteiger partial charge < -0.3 is 10.5 Å². The molecular weight excluding hydrogens is 220 g/mol. The summed E-state index contributed by atoms with van der Waals surface area (Å²) >= 11 is 7.04. The average Bonchev–Trinajstić information content (AvgIpc) is 2.18. The van der Waals surface area contributed by atoms with E-state index in [2.05, 4.69) is 0 Å². The number of halogens is 1. The van der Waals surface area contributed by atoms with Crippen LogP contribution in [-0.2, 0) is 11.3 Å². The molecule has 2 N–H and O–H groups in total. The molecule has 3 nitrogen and oxygen atoms in total. The highest BCUT2D eigenvalue weighted by atomic mass is 35.5. The van der Waals surface area contributed by atoms with Gasteiger partial charge in [0, 0.05) is 17.6 Å². The standard InChI is InChI=1S/C9H9ClN2OS/c1-13-4-6-8(14-5-11)3-2-7(12)9(6)10/h2-3H,4,12H2,1H3. The number of nitriles is 1. The van der Waals surface area contributed by atoms with Crippen LogP contribution in [0.4, 0.5) is 5.69 Å². The van der Waals surface area contributed by atoms with Gasteiger partial charge in [-0.2, -0.15) is 5.26 Å². The lowest BCUT2D eigenvalue weighted by Crippen LogP contribution is -1.96. The molecule has 0 fully saturated rings. The lowest BCUT2D eigenvalue weighted by Gasteiger charge is -2.09. The maximum Gasteiger partial charge on any atom is 0.138 e. The Bertz CT molecular complexity index is 376.